The molecule has 3 nitrogen and oxygen atoms in total. The maximum absolute atomic E-state index is 10.3. The largest absolute Gasteiger partial charge is 0.489 e. The molecule has 3 rings (SSSR count). The van der Waals surface area contributed by atoms with Crippen molar-refractivity contribution >= 4 is 24.0 Å². The van der Waals surface area contributed by atoms with Gasteiger partial charge in [0.05, 0.1) is 6.10 Å². The van der Waals surface area contributed by atoms with E-state index in [1.54, 1.807) is 0 Å². The molecule has 0 amide bonds. The second kappa shape index (κ2) is 11.0. The number of benzene rings is 3. The van der Waals surface area contributed by atoms with Crippen molar-refractivity contribution in [2.75, 3.05) is 6.54 Å². The van der Waals surface area contributed by atoms with Gasteiger partial charge in [0.25, 0.3) is 0 Å². The number of hydrogen-bond acceptors (Lipinski definition) is 3. The Hall–Kier alpha value is -2.04. The second-order valence-electron chi connectivity index (χ2n) is 6.08. The fraction of sp³-hybridized carbons (Fsp3) is 0.182. The first-order valence-corrected chi connectivity index (χ1v) is 8.99. The molecule has 0 spiro atoms. The summed E-state index contributed by atoms with van der Waals surface area (Å²) in [5.74, 6) is 0.792. The third-order valence-electron chi connectivity index (χ3n) is 4.10. The predicted octanol–water partition coefficient (Wildman–Crippen LogP) is 5.16. The van der Waals surface area contributed by atoms with E-state index in [1.165, 1.54) is 0 Å². The lowest BCUT2D eigenvalue weighted by Crippen LogP contribution is -2.21. The van der Waals surface area contributed by atoms with Crippen molar-refractivity contribution in [1.82, 2.24) is 5.32 Å². The Morgan fingerprint density at radius 2 is 1.59 bits per heavy atom. The first-order chi connectivity index (χ1) is 12.7. The topological polar surface area (TPSA) is 41.5 Å². The van der Waals surface area contributed by atoms with Crippen LogP contribution in [-0.2, 0) is 13.2 Å². The van der Waals surface area contributed by atoms with Crippen molar-refractivity contribution in [3.8, 4) is 5.75 Å². The molecule has 3 aromatic rings. The molecular formula is C22H23Cl2NO2. The highest BCUT2D eigenvalue weighted by Gasteiger charge is 2.09. The third-order valence-corrected chi connectivity index (χ3v) is 4.33. The summed E-state index contributed by atoms with van der Waals surface area (Å²) in [4.78, 5) is 0. The van der Waals surface area contributed by atoms with E-state index >= 15 is 0 Å². The summed E-state index contributed by atoms with van der Waals surface area (Å²) in [5, 5.41) is 14.2. The molecule has 1 unspecified atom stereocenters. The van der Waals surface area contributed by atoms with Crippen LogP contribution in [0.2, 0.25) is 5.02 Å². The van der Waals surface area contributed by atoms with Crippen molar-refractivity contribution in [3.05, 3.63) is 101 Å². The van der Waals surface area contributed by atoms with E-state index in [9.17, 15) is 5.11 Å². The first kappa shape index (κ1) is 21.3. The molecule has 0 aliphatic heterocycles. The first-order valence-electron chi connectivity index (χ1n) is 8.61. The second-order valence-corrected chi connectivity index (χ2v) is 6.52. The summed E-state index contributed by atoms with van der Waals surface area (Å²) in [6.07, 6.45) is -0.552. The highest BCUT2D eigenvalue weighted by atomic mass is 35.5. The average Bonchev–Trinajstić information content (AvgIpc) is 2.69. The van der Waals surface area contributed by atoms with Crippen molar-refractivity contribution in [2.24, 2.45) is 0 Å². The summed E-state index contributed by atoms with van der Waals surface area (Å²) in [6, 6.07) is 25.3. The zero-order valence-electron chi connectivity index (χ0n) is 14.8. The standard InChI is InChI=1S/C22H22ClNO2.ClH/c23-20-11-12-22(26-16-17-7-3-1-4-8-17)19(13-20)14-24-15-21(25)18-9-5-2-6-10-18;/h1-13,21,24-25H,14-16H2;1H. The van der Waals surface area contributed by atoms with E-state index in [0.717, 1.165) is 22.4 Å². The molecule has 1 atom stereocenters. The van der Waals surface area contributed by atoms with E-state index in [4.69, 9.17) is 16.3 Å². The molecule has 0 bridgehead atoms. The number of aliphatic hydroxyl groups excluding tert-OH is 1. The molecule has 0 heterocycles. The van der Waals surface area contributed by atoms with Gasteiger partial charge in [-0.15, -0.1) is 12.4 Å². The van der Waals surface area contributed by atoms with Crippen molar-refractivity contribution in [1.29, 1.82) is 0 Å². The van der Waals surface area contributed by atoms with Crippen LogP contribution in [0.3, 0.4) is 0 Å². The quantitative estimate of drug-likeness (QED) is 0.545. The Morgan fingerprint density at radius 3 is 2.30 bits per heavy atom. The monoisotopic (exact) mass is 403 g/mol. The highest BCUT2D eigenvalue weighted by Crippen LogP contribution is 2.24. The van der Waals surface area contributed by atoms with Crippen LogP contribution in [0.1, 0.15) is 22.8 Å². The van der Waals surface area contributed by atoms with E-state index in [-0.39, 0.29) is 12.4 Å². The lowest BCUT2D eigenvalue weighted by Gasteiger charge is -2.15. The predicted molar refractivity (Wildman–Crippen MR) is 113 cm³/mol. The van der Waals surface area contributed by atoms with Gasteiger partial charge in [-0.25, -0.2) is 0 Å². The number of hydrogen-bond donors (Lipinski definition) is 2. The smallest absolute Gasteiger partial charge is 0.124 e. The van der Waals surface area contributed by atoms with Crippen LogP contribution < -0.4 is 10.1 Å². The SMILES string of the molecule is Cl.OC(CNCc1cc(Cl)ccc1OCc1ccccc1)c1ccccc1. The normalized spacial score (nSPS) is 11.5. The van der Waals surface area contributed by atoms with Gasteiger partial charge in [0.2, 0.25) is 0 Å². The number of nitrogens with one attached hydrogen (secondary N) is 1. The third kappa shape index (κ3) is 6.56. The Kier molecular flexibility index (Phi) is 8.62. The summed E-state index contributed by atoms with van der Waals surface area (Å²) >= 11 is 6.14. The van der Waals surface area contributed by atoms with E-state index in [1.807, 2.05) is 78.9 Å². The van der Waals surface area contributed by atoms with Crippen LogP contribution in [0.5, 0.6) is 5.75 Å². The molecule has 0 radical (unpaired) electrons. The van der Waals surface area contributed by atoms with Crippen LogP contribution >= 0.6 is 24.0 Å². The summed E-state index contributed by atoms with van der Waals surface area (Å²) in [5.41, 5.74) is 2.97. The maximum atomic E-state index is 10.3. The van der Waals surface area contributed by atoms with Crippen LogP contribution in [0.15, 0.2) is 78.9 Å². The average molecular weight is 404 g/mol. The van der Waals surface area contributed by atoms with E-state index in [2.05, 4.69) is 5.32 Å². The molecule has 27 heavy (non-hydrogen) atoms. The molecule has 142 valence electrons. The van der Waals surface area contributed by atoms with Crippen molar-refractivity contribution in [2.45, 2.75) is 19.3 Å². The minimum atomic E-state index is -0.552. The van der Waals surface area contributed by atoms with Crippen molar-refractivity contribution in [3.63, 3.8) is 0 Å². The molecule has 0 aromatic heterocycles. The fourth-order valence-electron chi connectivity index (χ4n) is 2.70. The number of ether oxygens (including phenoxy) is 1. The molecule has 3 aromatic carbocycles. The molecule has 0 fully saturated rings. The van der Waals surface area contributed by atoms with Crippen LogP contribution in [-0.4, -0.2) is 11.7 Å². The Morgan fingerprint density at radius 1 is 0.926 bits per heavy atom. The van der Waals surface area contributed by atoms with E-state index < -0.39 is 6.10 Å². The van der Waals surface area contributed by atoms with Crippen LogP contribution in [0, 0.1) is 0 Å². The van der Waals surface area contributed by atoms with E-state index in [0.29, 0.717) is 24.7 Å². The van der Waals surface area contributed by atoms with Crippen molar-refractivity contribution < 1.29 is 9.84 Å². The molecule has 0 aliphatic carbocycles. The zero-order chi connectivity index (χ0) is 18.2. The number of halogens is 2. The molecule has 0 saturated heterocycles. The fourth-order valence-corrected chi connectivity index (χ4v) is 2.89. The zero-order valence-corrected chi connectivity index (χ0v) is 16.4. The van der Waals surface area contributed by atoms with Gasteiger partial charge in [-0.05, 0) is 29.3 Å². The van der Waals surface area contributed by atoms with Crippen LogP contribution in [0.4, 0.5) is 0 Å². The minimum Gasteiger partial charge on any atom is -0.489 e. The number of aliphatic hydroxyl groups is 1. The molecular weight excluding hydrogens is 381 g/mol. The Labute approximate surface area is 171 Å². The minimum absolute atomic E-state index is 0. The molecule has 0 saturated carbocycles. The summed E-state index contributed by atoms with van der Waals surface area (Å²) in [6.45, 7) is 1.52. The van der Waals surface area contributed by atoms with Crippen LogP contribution in [0.25, 0.3) is 0 Å². The molecule has 5 heteroatoms. The van der Waals surface area contributed by atoms with Gasteiger partial charge >= 0.3 is 0 Å². The van der Waals surface area contributed by atoms with Gasteiger partial charge in [0.1, 0.15) is 12.4 Å². The van der Waals surface area contributed by atoms with Gasteiger partial charge in [-0.1, -0.05) is 72.3 Å². The number of rotatable bonds is 8. The molecule has 0 aliphatic rings. The maximum Gasteiger partial charge on any atom is 0.124 e. The van der Waals surface area contributed by atoms with Gasteiger partial charge in [0.15, 0.2) is 0 Å². The van der Waals surface area contributed by atoms with Gasteiger partial charge in [0, 0.05) is 23.7 Å². The lowest BCUT2D eigenvalue weighted by atomic mass is 10.1. The Balaban J connectivity index is 0.00000261. The summed E-state index contributed by atoms with van der Waals surface area (Å²) in [7, 11) is 0. The van der Waals surface area contributed by atoms with Gasteiger partial charge < -0.3 is 15.2 Å². The highest BCUT2D eigenvalue weighted by molar-refractivity contribution is 6.30. The van der Waals surface area contributed by atoms with Gasteiger partial charge in [-0.3, -0.25) is 0 Å². The Bertz CT molecular complexity index is 813. The van der Waals surface area contributed by atoms with Gasteiger partial charge in [-0.2, -0.15) is 0 Å². The molecule has 2 N–H and O–H groups in total. The summed E-state index contributed by atoms with van der Waals surface area (Å²) < 4.78 is 5.96. The lowest BCUT2D eigenvalue weighted by molar-refractivity contribution is 0.174.